The summed E-state index contributed by atoms with van der Waals surface area (Å²) in [5.74, 6) is -1.02. The Bertz CT molecular complexity index is 535. The van der Waals surface area contributed by atoms with E-state index in [1.54, 1.807) is 12.1 Å². The van der Waals surface area contributed by atoms with Crippen LogP contribution in [-0.2, 0) is 19.1 Å². The summed E-state index contributed by atoms with van der Waals surface area (Å²) in [6.07, 6.45) is 0.237. The van der Waals surface area contributed by atoms with Crippen LogP contribution in [0.3, 0.4) is 0 Å². The molecule has 8 heteroatoms. The predicted octanol–water partition coefficient (Wildman–Crippen LogP) is 1.35. The number of halogens is 2. The Morgan fingerprint density at radius 1 is 1.42 bits per heavy atom. The number of carbonyl (C=O) groups is 2. The lowest BCUT2D eigenvalue weighted by molar-refractivity contribution is -0.141. The Morgan fingerprint density at radius 2 is 2.12 bits per heavy atom. The summed E-state index contributed by atoms with van der Waals surface area (Å²) < 4.78 is 23.0. The molecule has 0 spiro atoms. The normalized spacial score (nSPS) is 18.2. The van der Waals surface area contributed by atoms with Crippen LogP contribution in [0.2, 0.25) is 0 Å². The highest BCUT2D eigenvalue weighted by molar-refractivity contribution is 5.85. The molecule has 0 radical (unpaired) electrons. The van der Waals surface area contributed by atoms with Gasteiger partial charge in [-0.3, -0.25) is 9.59 Å². The average molecular weight is 361 g/mol. The Labute approximate surface area is 146 Å². The van der Waals surface area contributed by atoms with Gasteiger partial charge in [0, 0.05) is 19.0 Å². The third-order valence-corrected chi connectivity index (χ3v) is 3.64. The topological polar surface area (TPSA) is 76.7 Å². The van der Waals surface area contributed by atoms with E-state index in [2.05, 4.69) is 15.4 Å². The molecular formula is C16H22ClFN2O4. The second-order valence-electron chi connectivity index (χ2n) is 5.38. The SMILES string of the molecule is COC(=O)CC(NC(=O)CC1COCCN1)c1ccc(F)cc1.Cl. The van der Waals surface area contributed by atoms with Crippen LogP contribution in [-0.4, -0.2) is 44.8 Å². The number of carbonyl (C=O) groups excluding carboxylic acids is 2. The van der Waals surface area contributed by atoms with Crippen LogP contribution < -0.4 is 10.6 Å². The minimum atomic E-state index is -0.556. The summed E-state index contributed by atoms with van der Waals surface area (Å²) in [6.45, 7) is 1.83. The summed E-state index contributed by atoms with van der Waals surface area (Å²) in [6, 6.07) is 5.08. The number of amides is 1. The number of hydrogen-bond acceptors (Lipinski definition) is 5. The van der Waals surface area contributed by atoms with E-state index in [4.69, 9.17) is 4.74 Å². The first-order chi connectivity index (χ1) is 11.1. The van der Waals surface area contributed by atoms with Gasteiger partial charge in [-0.2, -0.15) is 0 Å². The zero-order valence-electron chi connectivity index (χ0n) is 13.4. The number of benzene rings is 1. The van der Waals surface area contributed by atoms with Crippen LogP contribution in [0.5, 0.6) is 0 Å². The lowest BCUT2D eigenvalue weighted by Crippen LogP contribution is -2.44. The van der Waals surface area contributed by atoms with Gasteiger partial charge in [0.05, 0.1) is 32.8 Å². The molecule has 1 aromatic carbocycles. The molecule has 0 saturated carbocycles. The minimum absolute atomic E-state index is 0. The van der Waals surface area contributed by atoms with Crippen LogP contribution in [0.4, 0.5) is 4.39 Å². The van der Waals surface area contributed by atoms with Crippen molar-refractivity contribution in [3.8, 4) is 0 Å². The zero-order chi connectivity index (χ0) is 16.7. The molecule has 2 unspecified atom stereocenters. The number of hydrogen-bond donors (Lipinski definition) is 2. The van der Waals surface area contributed by atoms with Crippen LogP contribution >= 0.6 is 12.4 Å². The van der Waals surface area contributed by atoms with E-state index >= 15 is 0 Å². The first-order valence-electron chi connectivity index (χ1n) is 7.51. The van der Waals surface area contributed by atoms with Gasteiger partial charge in [0.2, 0.25) is 5.91 Å². The van der Waals surface area contributed by atoms with Gasteiger partial charge in [-0.1, -0.05) is 12.1 Å². The van der Waals surface area contributed by atoms with E-state index in [-0.39, 0.29) is 43.0 Å². The van der Waals surface area contributed by atoms with Gasteiger partial charge >= 0.3 is 5.97 Å². The third kappa shape index (κ3) is 6.43. The van der Waals surface area contributed by atoms with Gasteiger partial charge in [-0.15, -0.1) is 12.4 Å². The highest BCUT2D eigenvalue weighted by Crippen LogP contribution is 2.18. The maximum absolute atomic E-state index is 13.0. The first kappa shape index (κ1) is 20.3. The second-order valence-corrected chi connectivity index (χ2v) is 5.38. The van der Waals surface area contributed by atoms with Gasteiger partial charge < -0.3 is 20.1 Å². The summed E-state index contributed by atoms with van der Waals surface area (Å²) in [7, 11) is 1.29. The molecule has 1 fully saturated rings. The Morgan fingerprint density at radius 3 is 2.71 bits per heavy atom. The lowest BCUT2D eigenvalue weighted by Gasteiger charge is -2.25. The third-order valence-electron chi connectivity index (χ3n) is 3.64. The fourth-order valence-corrected chi connectivity index (χ4v) is 2.43. The summed E-state index contributed by atoms with van der Waals surface area (Å²) >= 11 is 0. The van der Waals surface area contributed by atoms with E-state index < -0.39 is 12.0 Å². The monoisotopic (exact) mass is 360 g/mol. The molecular weight excluding hydrogens is 339 g/mol. The summed E-state index contributed by atoms with van der Waals surface area (Å²) in [4.78, 5) is 23.8. The van der Waals surface area contributed by atoms with Crippen LogP contribution in [0, 0.1) is 5.82 Å². The number of methoxy groups -OCH3 is 1. The number of morpholine rings is 1. The molecule has 2 rings (SSSR count). The minimum Gasteiger partial charge on any atom is -0.469 e. The van der Waals surface area contributed by atoms with Crippen molar-refractivity contribution < 1.29 is 23.5 Å². The lowest BCUT2D eigenvalue weighted by atomic mass is 10.0. The van der Waals surface area contributed by atoms with Crippen molar-refractivity contribution >= 4 is 24.3 Å². The van der Waals surface area contributed by atoms with Crippen molar-refractivity contribution in [3.63, 3.8) is 0 Å². The quantitative estimate of drug-likeness (QED) is 0.749. The van der Waals surface area contributed by atoms with Crippen molar-refractivity contribution in [2.24, 2.45) is 0 Å². The van der Waals surface area contributed by atoms with E-state index in [0.717, 1.165) is 0 Å². The maximum atomic E-state index is 13.0. The average Bonchev–Trinajstić information content (AvgIpc) is 2.55. The number of rotatable bonds is 6. The van der Waals surface area contributed by atoms with Crippen LogP contribution in [0.1, 0.15) is 24.4 Å². The Hall–Kier alpha value is -1.70. The van der Waals surface area contributed by atoms with Crippen molar-refractivity contribution in [2.45, 2.75) is 24.9 Å². The Kier molecular flexibility index (Phi) is 8.67. The van der Waals surface area contributed by atoms with Gasteiger partial charge in [0.15, 0.2) is 0 Å². The second kappa shape index (κ2) is 10.2. The van der Waals surface area contributed by atoms with Gasteiger partial charge in [-0.25, -0.2) is 4.39 Å². The largest absolute Gasteiger partial charge is 0.469 e. The summed E-state index contributed by atoms with van der Waals surface area (Å²) in [5, 5.41) is 6.00. The zero-order valence-corrected chi connectivity index (χ0v) is 14.2. The van der Waals surface area contributed by atoms with E-state index in [0.29, 0.717) is 25.3 Å². The standard InChI is InChI=1S/C16H21FN2O4.ClH/c1-22-16(21)9-14(11-2-4-12(17)5-3-11)19-15(20)8-13-10-23-7-6-18-13;/h2-5,13-14,18H,6-10H2,1H3,(H,19,20);1H. The molecule has 1 aromatic rings. The highest BCUT2D eigenvalue weighted by atomic mass is 35.5. The van der Waals surface area contributed by atoms with Gasteiger partial charge in [-0.05, 0) is 17.7 Å². The Balaban J connectivity index is 0.00000288. The van der Waals surface area contributed by atoms with Crippen molar-refractivity contribution in [1.82, 2.24) is 10.6 Å². The first-order valence-corrected chi connectivity index (χ1v) is 7.51. The smallest absolute Gasteiger partial charge is 0.307 e. The van der Waals surface area contributed by atoms with E-state index in [1.807, 2.05) is 0 Å². The van der Waals surface area contributed by atoms with Gasteiger partial charge in [0.25, 0.3) is 0 Å². The molecule has 0 aromatic heterocycles. The molecule has 2 atom stereocenters. The van der Waals surface area contributed by atoms with Gasteiger partial charge in [0.1, 0.15) is 5.82 Å². The molecule has 0 aliphatic carbocycles. The molecule has 1 amide bonds. The fourth-order valence-electron chi connectivity index (χ4n) is 2.43. The molecule has 1 aliphatic rings. The van der Waals surface area contributed by atoms with E-state index in [9.17, 15) is 14.0 Å². The highest BCUT2D eigenvalue weighted by Gasteiger charge is 2.22. The van der Waals surface area contributed by atoms with Crippen molar-refractivity contribution in [1.29, 1.82) is 0 Å². The molecule has 1 heterocycles. The number of nitrogens with one attached hydrogen (secondary N) is 2. The molecule has 2 N–H and O–H groups in total. The predicted molar refractivity (Wildman–Crippen MR) is 88.4 cm³/mol. The molecule has 134 valence electrons. The number of ether oxygens (including phenoxy) is 2. The van der Waals surface area contributed by atoms with Crippen LogP contribution in [0.15, 0.2) is 24.3 Å². The maximum Gasteiger partial charge on any atom is 0.307 e. The fraction of sp³-hybridized carbons (Fsp3) is 0.500. The van der Waals surface area contributed by atoms with Crippen molar-refractivity contribution in [2.75, 3.05) is 26.9 Å². The van der Waals surface area contributed by atoms with E-state index in [1.165, 1.54) is 19.2 Å². The summed E-state index contributed by atoms with van der Waals surface area (Å²) in [5.41, 5.74) is 0.651. The van der Waals surface area contributed by atoms with Crippen LogP contribution in [0.25, 0.3) is 0 Å². The molecule has 1 aliphatic heterocycles. The molecule has 6 nitrogen and oxygen atoms in total. The molecule has 24 heavy (non-hydrogen) atoms. The number of esters is 1. The van der Waals surface area contributed by atoms with Crippen molar-refractivity contribution in [3.05, 3.63) is 35.6 Å². The molecule has 1 saturated heterocycles. The molecule has 0 bridgehead atoms.